The number of rotatable bonds is 6. The van der Waals surface area contributed by atoms with Crippen molar-refractivity contribution in [2.75, 3.05) is 5.32 Å². The summed E-state index contributed by atoms with van der Waals surface area (Å²) in [4.78, 5) is 25.4. The van der Waals surface area contributed by atoms with Gasteiger partial charge in [0, 0.05) is 27.6 Å². The van der Waals surface area contributed by atoms with Gasteiger partial charge in [-0.25, -0.2) is 5.43 Å². The van der Waals surface area contributed by atoms with Gasteiger partial charge in [-0.05, 0) is 54.5 Å². The maximum absolute atomic E-state index is 12.7. The van der Waals surface area contributed by atoms with Crippen molar-refractivity contribution in [1.82, 2.24) is 5.43 Å². The van der Waals surface area contributed by atoms with Gasteiger partial charge in [-0.2, -0.15) is 5.10 Å². The molecular weight excluding hydrogens is 454 g/mol. The Morgan fingerprint density at radius 2 is 1.73 bits per heavy atom. The zero-order valence-electron chi connectivity index (χ0n) is 17.7. The van der Waals surface area contributed by atoms with Gasteiger partial charge in [-0.15, -0.1) is 11.3 Å². The highest BCUT2D eigenvalue weighted by Crippen LogP contribution is 2.36. The first-order chi connectivity index (χ1) is 16.0. The third-order valence-corrected chi connectivity index (χ3v) is 6.47. The normalized spacial score (nSPS) is 11.3. The zero-order chi connectivity index (χ0) is 23.2. The van der Waals surface area contributed by atoms with Crippen LogP contribution in [0.2, 0.25) is 5.02 Å². The number of fused-ring (bicyclic) bond motifs is 1. The van der Waals surface area contributed by atoms with Crippen molar-refractivity contribution >= 4 is 62.8 Å². The Hall–Kier alpha value is -3.74. The molecule has 0 atom stereocenters. The van der Waals surface area contributed by atoms with Crippen LogP contribution >= 0.6 is 22.9 Å². The highest BCUT2D eigenvalue weighted by atomic mass is 35.5. The van der Waals surface area contributed by atoms with E-state index in [-0.39, 0.29) is 11.8 Å². The predicted octanol–water partition coefficient (Wildman–Crippen LogP) is 6.54. The Labute approximate surface area is 200 Å². The first-order valence-corrected chi connectivity index (χ1v) is 11.4. The number of carbonyl (C=O) groups excluding carboxylic acids is 2. The van der Waals surface area contributed by atoms with E-state index >= 15 is 0 Å². The van der Waals surface area contributed by atoms with Crippen LogP contribution in [0.25, 0.3) is 16.2 Å². The lowest BCUT2D eigenvalue weighted by Gasteiger charge is -2.05. The molecule has 0 bridgehead atoms. The van der Waals surface area contributed by atoms with Gasteiger partial charge in [-0.1, -0.05) is 60.1 Å². The number of amides is 2. The number of hydrazone groups is 1. The van der Waals surface area contributed by atoms with Gasteiger partial charge in [0.2, 0.25) is 0 Å². The summed E-state index contributed by atoms with van der Waals surface area (Å²) in [5, 5.41) is 8.06. The predicted molar refractivity (Wildman–Crippen MR) is 137 cm³/mol. The highest BCUT2D eigenvalue weighted by Gasteiger charge is 2.17. The number of anilines is 1. The molecule has 5 nitrogen and oxygen atoms in total. The molecule has 1 aromatic heterocycles. The topological polar surface area (TPSA) is 70.6 Å². The summed E-state index contributed by atoms with van der Waals surface area (Å²) < 4.78 is 0.969. The molecule has 2 amide bonds. The largest absolute Gasteiger partial charge is 0.321 e. The summed E-state index contributed by atoms with van der Waals surface area (Å²) >= 11 is 7.78. The SMILES string of the molecule is Cc1ccc2c(Cl)c(C(=O)Nc3ccc(C(=O)N/N=C\C=C\c4ccccc4)cc3)sc2c1. The minimum Gasteiger partial charge on any atom is -0.321 e. The van der Waals surface area contributed by atoms with E-state index in [9.17, 15) is 9.59 Å². The van der Waals surface area contributed by atoms with E-state index < -0.39 is 0 Å². The van der Waals surface area contributed by atoms with Crippen molar-refractivity contribution in [3.8, 4) is 0 Å². The van der Waals surface area contributed by atoms with E-state index in [0.717, 1.165) is 21.2 Å². The minimum absolute atomic E-state index is 0.286. The van der Waals surface area contributed by atoms with Gasteiger partial charge in [0.25, 0.3) is 11.8 Å². The van der Waals surface area contributed by atoms with Crippen molar-refractivity contribution in [1.29, 1.82) is 0 Å². The first kappa shape index (κ1) is 22.5. The Morgan fingerprint density at radius 1 is 0.970 bits per heavy atom. The number of nitrogens with zero attached hydrogens (tertiary/aromatic N) is 1. The molecule has 0 spiro atoms. The van der Waals surface area contributed by atoms with Crippen LogP contribution in [-0.4, -0.2) is 18.0 Å². The Kier molecular flexibility index (Phi) is 6.98. The molecule has 33 heavy (non-hydrogen) atoms. The van der Waals surface area contributed by atoms with Crippen LogP contribution in [0.3, 0.4) is 0 Å². The number of benzene rings is 3. The van der Waals surface area contributed by atoms with Crippen LogP contribution in [0.15, 0.2) is 84.0 Å². The Morgan fingerprint density at radius 3 is 2.48 bits per heavy atom. The van der Waals surface area contributed by atoms with Gasteiger partial charge >= 0.3 is 0 Å². The third kappa shape index (κ3) is 5.55. The second-order valence-corrected chi connectivity index (χ2v) is 8.70. The van der Waals surface area contributed by atoms with Gasteiger partial charge in [0.15, 0.2) is 0 Å². The molecule has 0 aliphatic carbocycles. The van der Waals surface area contributed by atoms with Crippen molar-refractivity contribution in [3.63, 3.8) is 0 Å². The molecule has 164 valence electrons. The lowest BCUT2D eigenvalue weighted by Crippen LogP contribution is -2.17. The fourth-order valence-corrected chi connectivity index (χ4v) is 4.64. The summed E-state index contributed by atoms with van der Waals surface area (Å²) in [6, 6.07) is 22.3. The molecular formula is C26H20ClN3O2S. The fraction of sp³-hybridized carbons (Fsp3) is 0.0385. The second-order valence-electron chi connectivity index (χ2n) is 7.27. The van der Waals surface area contributed by atoms with Crippen molar-refractivity contribution < 1.29 is 9.59 Å². The molecule has 0 aliphatic heterocycles. The number of nitrogens with one attached hydrogen (secondary N) is 2. The number of allylic oxidation sites excluding steroid dienone is 1. The van der Waals surface area contributed by atoms with Crippen LogP contribution in [0.1, 0.15) is 31.2 Å². The van der Waals surface area contributed by atoms with Gasteiger partial charge in [0.05, 0.1) is 5.02 Å². The molecule has 3 aromatic carbocycles. The molecule has 0 saturated heterocycles. The number of halogens is 1. The van der Waals surface area contributed by atoms with E-state index in [4.69, 9.17) is 11.6 Å². The molecule has 0 unspecified atom stereocenters. The Balaban J connectivity index is 1.35. The number of carbonyl (C=O) groups is 2. The van der Waals surface area contributed by atoms with E-state index in [1.54, 1.807) is 30.3 Å². The lowest BCUT2D eigenvalue weighted by molar-refractivity contribution is 0.0954. The van der Waals surface area contributed by atoms with Gasteiger partial charge in [0.1, 0.15) is 4.88 Å². The second kappa shape index (κ2) is 10.3. The van der Waals surface area contributed by atoms with E-state index in [2.05, 4.69) is 15.8 Å². The number of thiophene rings is 1. The minimum atomic E-state index is -0.347. The molecule has 0 aliphatic rings. The average molecular weight is 474 g/mol. The summed E-state index contributed by atoms with van der Waals surface area (Å²) in [7, 11) is 0. The van der Waals surface area contributed by atoms with Gasteiger partial charge in [-0.3, -0.25) is 9.59 Å². The summed E-state index contributed by atoms with van der Waals surface area (Å²) in [6.45, 7) is 2.00. The molecule has 4 aromatic rings. The number of aryl methyl sites for hydroxylation is 1. The molecule has 2 N–H and O–H groups in total. The standard InChI is InChI=1S/C26H20ClN3O2S/c1-17-9-14-21-22(16-17)33-24(23(21)27)26(32)29-20-12-10-19(11-13-20)25(31)30-28-15-5-8-18-6-3-2-4-7-18/h2-16H,1H3,(H,29,32)(H,30,31)/b8-5+,28-15-. The molecule has 1 heterocycles. The fourth-order valence-electron chi connectivity index (χ4n) is 3.13. The van der Waals surface area contributed by atoms with Crippen LogP contribution < -0.4 is 10.7 Å². The molecule has 7 heteroatoms. The van der Waals surface area contributed by atoms with E-state index in [1.807, 2.05) is 61.5 Å². The van der Waals surface area contributed by atoms with Crippen LogP contribution in [0.5, 0.6) is 0 Å². The molecule has 0 radical (unpaired) electrons. The highest BCUT2D eigenvalue weighted by molar-refractivity contribution is 7.21. The summed E-state index contributed by atoms with van der Waals surface area (Å²) in [5.41, 5.74) is 5.61. The third-order valence-electron chi connectivity index (χ3n) is 4.81. The van der Waals surface area contributed by atoms with Crippen LogP contribution in [-0.2, 0) is 0 Å². The molecule has 0 fully saturated rings. The van der Waals surface area contributed by atoms with Crippen LogP contribution in [0.4, 0.5) is 5.69 Å². The summed E-state index contributed by atoms with van der Waals surface area (Å²) in [6.07, 6.45) is 5.14. The van der Waals surface area contributed by atoms with Crippen LogP contribution in [0, 0.1) is 6.92 Å². The number of hydrogen-bond donors (Lipinski definition) is 2. The van der Waals surface area contributed by atoms with Crippen molar-refractivity contribution in [2.24, 2.45) is 5.10 Å². The molecule has 0 saturated carbocycles. The first-order valence-electron chi connectivity index (χ1n) is 10.2. The van der Waals surface area contributed by atoms with E-state index in [1.165, 1.54) is 17.6 Å². The van der Waals surface area contributed by atoms with Crippen molar-refractivity contribution in [2.45, 2.75) is 6.92 Å². The zero-order valence-corrected chi connectivity index (χ0v) is 19.3. The monoisotopic (exact) mass is 473 g/mol. The van der Waals surface area contributed by atoms with Crippen molar-refractivity contribution in [3.05, 3.63) is 105 Å². The van der Waals surface area contributed by atoms with E-state index in [0.29, 0.717) is 21.2 Å². The van der Waals surface area contributed by atoms with Gasteiger partial charge < -0.3 is 5.32 Å². The molecule has 4 rings (SSSR count). The Bertz CT molecular complexity index is 1360. The smallest absolute Gasteiger partial charge is 0.271 e. The maximum atomic E-state index is 12.7. The quantitative estimate of drug-likeness (QED) is 0.246. The average Bonchev–Trinajstić information content (AvgIpc) is 3.15. The lowest BCUT2D eigenvalue weighted by atomic mass is 10.2. The maximum Gasteiger partial charge on any atom is 0.271 e. The number of hydrogen-bond acceptors (Lipinski definition) is 4. The summed E-state index contributed by atoms with van der Waals surface area (Å²) in [5.74, 6) is -0.633.